The third-order valence-electron chi connectivity index (χ3n) is 6.16. The molecule has 1 aliphatic heterocycles. The smallest absolute Gasteiger partial charge is 0.347 e. The predicted molar refractivity (Wildman–Crippen MR) is 123 cm³/mol. The molecule has 0 radical (unpaired) electrons. The van der Waals surface area contributed by atoms with Crippen LogP contribution in [-0.2, 0) is 21.7 Å². The summed E-state index contributed by atoms with van der Waals surface area (Å²) < 4.78 is 5.66. The summed E-state index contributed by atoms with van der Waals surface area (Å²) >= 11 is 0. The van der Waals surface area contributed by atoms with Crippen LogP contribution in [0.25, 0.3) is 0 Å². The lowest BCUT2D eigenvalue weighted by atomic mass is 9.86. The quantitative estimate of drug-likeness (QED) is 0.552. The van der Waals surface area contributed by atoms with Gasteiger partial charge < -0.3 is 14.9 Å². The van der Waals surface area contributed by atoms with Gasteiger partial charge in [0.05, 0.1) is 6.61 Å². The Labute approximate surface area is 188 Å². The van der Waals surface area contributed by atoms with Crippen LogP contribution in [-0.4, -0.2) is 40.8 Å². The van der Waals surface area contributed by atoms with E-state index in [2.05, 4.69) is 29.2 Å². The van der Waals surface area contributed by atoms with Crippen molar-refractivity contribution in [3.63, 3.8) is 0 Å². The van der Waals surface area contributed by atoms with Crippen molar-refractivity contribution in [3.8, 4) is 5.75 Å². The molecule has 0 bridgehead atoms. The maximum atomic E-state index is 13.2. The summed E-state index contributed by atoms with van der Waals surface area (Å²) in [6.07, 6.45) is 1.88. The maximum absolute atomic E-state index is 13.2. The highest BCUT2D eigenvalue weighted by Gasteiger charge is 2.42. The van der Waals surface area contributed by atoms with E-state index in [4.69, 9.17) is 4.74 Å². The van der Waals surface area contributed by atoms with Crippen molar-refractivity contribution in [2.75, 3.05) is 19.7 Å². The summed E-state index contributed by atoms with van der Waals surface area (Å²) in [4.78, 5) is 15.6. The van der Waals surface area contributed by atoms with Crippen molar-refractivity contribution in [1.82, 2.24) is 4.90 Å². The number of carbonyl (C=O) groups is 1. The fraction of sp³-hybridized carbons (Fsp3) is 0.296. The van der Waals surface area contributed by atoms with E-state index in [1.807, 2.05) is 12.1 Å². The van der Waals surface area contributed by atoms with Crippen molar-refractivity contribution in [2.45, 2.75) is 25.0 Å². The molecule has 166 valence electrons. The van der Waals surface area contributed by atoms with E-state index in [-0.39, 0.29) is 23.8 Å². The topological polar surface area (TPSA) is 70.0 Å². The minimum absolute atomic E-state index is 0.0181. The van der Waals surface area contributed by atoms with Crippen molar-refractivity contribution < 1.29 is 19.7 Å². The minimum Gasteiger partial charge on any atom is -0.508 e. The minimum atomic E-state index is -1.98. The zero-order chi connectivity index (χ0) is 22.4. The van der Waals surface area contributed by atoms with Crippen molar-refractivity contribution in [3.05, 3.63) is 102 Å². The Morgan fingerprint density at radius 1 is 0.906 bits per heavy atom. The molecule has 1 aliphatic rings. The average molecular weight is 432 g/mol. The second-order valence-corrected chi connectivity index (χ2v) is 8.43. The molecule has 1 unspecified atom stereocenters. The van der Waals surface area contributed by atoms with E-state index in [0.717, 1.165) is 32.5 Å². The maximum Gasteiger partial charge on any atom is 0.347 e. The SMILES string of the molecule is O=C(OCC1CCN(Cc2ccccc2)CC1)C(O)(c1ccccc1)c1cccc(O)c1. The highest BCUT2D eigenvalue weighted by Crippen LogP contribution is 2.33. The lowest BCUT2D eigenvalue weighted by Crippen LogP contribution is -2.40. The first kappa shape index (κ1) is 22.1. The van der Waals surface area contributed by atoms with Gasteiger partial charge >= 0.3 is 5.97 Å². The molecule has 0 aromatic heterocycles. The number of benzene rings is 3. The standard InChI is InChI=1S/C27H29NO4/c29-25-13-7-12-24(18-25)27(31,23-10-5-2-6-11-23)26(30)32-20-22-14-16-28(17-15-22)19-21-8-3-1-4-9-21/h1-13,18,22,29,31H,14-17,19-20H2. The number of esters is 1. The molecule has 0 spiro atoms. The first-order valence-corrected chi connectivity index (χ1v) is 11.1. The van der Waals surface area contributed by atoms with E-state index in [1.54, 1.807) is 36.4 Å². The highest BCUT2D eigenvalue weighted by molar-refractivity contribution is 5.85. The summed E-state index contributed by atoms with van der Waals surface area (Å²) in [5.41, 5.74) is 0.0182. The van der Waals surface area contributed by atoms with E-state index < -0.39 is 11.6 Å². The molecule has 2 N–H and O–H groups in total. The van der Waals surface area contributed by atoms with Crippen molar-refractivity contribution in [1.29, 1.82) is 0 Å². The molecule has 3 aromatic rings. The van der Waals surface area contributed by atoms with Crippen LogP contribution in [0.2, 0.25) is 0 Å². The fourth-order valence-electron chi connectivity index (χ4n) is 4.26. The summed E-state index contributed by atoms with van der Waals surface area (Å²) in [5, 5.41) is 21.4. The van der Waals surface area contributed by atoms with Gasteiger partial charge in [-0.05, 0) is 55.1 Å². The van der Waals surface area contributed by atoms with Crippen LogP contribution in [0.4, 0.5) is 0 Å². The van der Waals surface area contributed by atoms with Crippen LogP contribution in [0.1, 0.15) is 29.5 Å². The molecule has 0 aliphatic carbocycles. The van der Waals surface area contributed by atoms with Crippen LogP contribution in [0, 0.1) is 5.92 Å². The number of rotatable bonds is 7. The summed E-state index contributed by atoms with van der Waals surface area (Å²) in [6.45, 7) is 3.10. The Morgan fingerprint density at radius 2 is 1.53 bits per heavy atom. The van der Waals surface area contributed by atoms with Crippen molar-refractivity contribution in [2.24, 2.45) is 5.92 Å². The number of hydrogen-bond donors (Lipinski definition) is 2. The van der Waals surface area contributed by atoms with Gasteiger partial charge in [-0.15, -0.1) is 0 Å². The summed E-state index contributed by atoms with van der Waals surface area (Å²) in [6, 6.07) is 25.3. The second-order valence-electron chi connectivity index (χ2n) is 8.43. The molecule has 1 saturated heterocycles. The number of aliphatic hydroxyl groups is 1. The molecule has 1 atom stereocenters. The third-order valence-corrected chi connectivity index (χ3v) is 6.16. The van der Waals surface area contributed by atoms with Gasteiger partial charge in [-0.1, -0.05) is 72.8 Å². The van der Waals surface area contributed by atoms with Crippen LogP contribution < -0.4 is 0 Å². The lowest BCUT2D eigenvalue weighted by Gasteiger charge is -2.33. The van der Waals surface area contributed by atoms with E-state index in [9.17, 15) is 15.0 Å². The Hall–Kier alpha value is -3.15. The Balaban J connectivity index is 1.39. The van der Waals surface area contributed by atoms with E-state index in [1.165, 1.54) is 17.7 Å². The fourth-order valence-corrected chi connectivity index (χ4v) is 4.26. The second kappa shape index (κ2) is 9.98. The van der Waals surface area contributed by atoms with Gasteiger partial charge in [0.1, 0.15) is 5.75 Å². The molecule has 3 aromatic carbocycles. The first-order chi connectivity index (χ1) is 15.6. The molecule has 32 heavy (non-hydrogen) atoms. The molecular formula is C27H29NO4. The molecular weight excluding hydrogens is 402 g/mol. The number of likely N-dealkylation sites (tertiary alicyclic amines) is 1. The largest absolute Gasteiger partial charge is 0.508 e. The Morgan fingerprint density at radius 3 is 2.19 bits per heavy atom. The Kier molecular flexibility index (Phi) is 6.88. The van der Waals surface area contributed by atoms with Gasteiger partial charge in [0.15, 0.2) is 0 Å². The third kappa shape index (κ3) is 5.01. The normalized spacial score (nSPS) is 16.9. The Bertz CT molecular complexity index is 1020. The number of phenols is 1. The van der Waals surface area contributed by atoms with E-state index >= 15 is 0 Å². The number of nitrogens with zero attached hydrogens (tertiary/aromatic N) is 1. The monoisotopic (exact) mass is 431 g/mol. The molecule has 1 fully saturated rings. The van der Waals surface area contributed by atoms with Gasteiger partial charge in [0.25, 0.3) is 0 Å². The number of phenolic OH excluding ortho intramolecular Hbond substituents is 1. The van der Waals surface area contributed by atoms with Crippen LogP contribution in [0.15, 0.2) is 84.9 Å². The van der Waals surface area contributed by atoms with Gasteiger partial charge in [0, 0.05) is 12.1 Å². The van der Waals surface area contributed by atoms with E-state index in [0.29, 0.717) is 5.56 Å². The predicted octanol–water partition coefficient (Wildman–Crippen LogP) is 4.08. The average Bonchev–Trinajstić information content (AvgIpc) is 2.84. The lowest BCUT2D eigenvalue weighted by molar-refractivity contribution is -0.164. The molecule has 0 saturated carbocycles. The van der Waals surface area contributed by atoms with Gasteiger partial charge in [0.2, 0.25) is 5.60 Å². The molecule has 4 rings (SSSR count). The number of carbonyl (C=O) groups excluding carboxylic acids is 1. The highest BCUT2D eigenvalue weighted by atomic mass is 16.5. The van der Waals surface area contributed by atoms with Crippen molar-refractivity contribution >= 4 is 5.97 Å². The zero-order valence-corrected chi connectivity index (χ0v) is 18.1. The number of aromatic hydroxyl groups is 1. The van der Waals surface area contributed by atoms with Crippen LogP contribution in [0.3, 0.4) is 0 Å². The number of piperidine rings is 1. The van der Waals surface area contributed by atoms with Gasteiger partial charge in [-0.2, -0.15) is 0 Å². The van der Waals surface area contributed by atoms with Gasteiger partial charge in [-0.3, -0.25) is 4.90 Å². The van der Waals surface area contributed by atoms with Gasteiger partial charge in [-0.25, -0.2) is 4.79 Å². The summed E-state index contributed by atoms with van der Waals surface area (Å²) in [7, 11) is 0. The molecule has 5 nitrogen and oxygen atoms in total. The molecule has 1 heterocycles. The first-order valence-electron chi connectivity index (χ1n) is 11.1. The number of ether oxygens (including phenoxy) is 1. The molecule has 5 heteroatoms. The van der Waals surface area contributed by atoms with Crippen LogP contribution >= 0.6 is 0 Å². The number of hydrogen-bond acceptors (Lipinski definition) is 5. The molecule has 0 amide bonds. The van der Waals surface area contributed by atoms with Crippen LogP contribution in [0.5, 0.6) is 5.75 Å². The zero-order valence-electron chi connectivity index (χ0n) is 18.1. The summed E-state index contributed by atoms with van der Waals surface area (Å²) in [5.74, 6) is -0.480.